The van der Waals surface area contributed by atoms with Crippen molar-refractivity contribution in [1.29, 1.82) is 0 Å². The third-order valence-corrected chi connectivity index (χ3v) is 4.11. The normalized spacial score (nSPS) is 19.6. The van der Waals surface area contributed by atoms with Crippen molar-refractivity contribution in [2.24, 2.45) is 0 Å². The van der Waals surface area contributed by atoms with Crippen molar-refractivity contribution < 1.29 is 9.50 Å². The molecule has 0 bridgehead atoms. The van der Waals surface area contributed by atoms with E-state index < -0.39 is 5.60 Å². The van der Waals surface area contributed by atoms with Crippen LogP contribution in [0.25, 0.3) is 0 Å². The van der Waals surface area contributed by atoms with Crippen molar-refractivity contribution in [3.05, 3.63) is 30.1 Å². The third-order valence-electron chi connectivity index (χ3n) is 2.84. The summed E-state index contributed by atoms with van der Waals surface area (Å²) < 4.78 is 12.9. The van der Waals surface area contributed by atoms with Gasteiger partial charge in [-0.3, -0.25) is 0 Å². The molecule has 4 heteroatoms. The fourth-order valence-electron chi connectivity index (χ4n) is 1.81. The second-order valence-electron chi connectivity index (χ2n) is 4.22. The van der Waals surface area contributed by atoms with E-state index in [1.165, 1.54) is 23.9 Å². The standard InChI is InChI=1S/C12H16FNOS/c13-10-2-1-3-11(8-10)16-9-12(15)4-6-14-7-5-12/h1-3,8,14-15H,4-7,9H2. The van der Waals surface area contributed by atoms with Gasteiger partial charge >= 0.3 is 0 Å². The molecule has 0 saturated carbocycles. The average molecular weight is 241 g/mol. The Balaban J connectivity index is 1.91. The lowest BCUT2D eigenvalue weighted by atomic mass is 9.95. The van der Waals surface area contributed by atoms with Crippen molar-refractivity contribution in [2.45, 2.75) is 23.3 Å². The first-order valence-corrected chi connectivity index (χ1v) is 6.48. The fraction of sp³-hybridized carbons (Fsp3) is 0.500. The van der Waals surface area contributed by atoms with Gasteiger partial charge in [-0.1, -0.05) is 6.07 Å². The molecule has 1 aromatic carbocycles. The molecular formula is C12H16FNOS. The molecule has 0 amide bonds. The number of rotatable bonds is 3. The highest BCUT2D eigenvalue weighted by atomic mass is 32.2. The van der Waals surface area contributed by atoms with Crippen LogP contribution in [0.4, 0.5) is 4.39 Å². The highest BCUT2D eigenvalue weighted by Gasteiger charge is 2.28. The minimum Gasteiger partial charge on any atom is -0.389 e. The van der Waals surface area contributed by atoms with Crippen molar-refractivity contribution in [3.63, 3.8) is 0 Å². The van der Waals surface area contributed by atoms with E-state index in [1.807, 2.05) is 6.07 Å². The fourth-order valence-corrected chi connectivity index (χ4v) is 2.91. The van der Waals surface area contributed by atoms with E-state index in [9.17, 15) is 9.50 Å². The van der Waals surface area contributed by atoms with E-state index in [-0.39, 0.29) is 5.82 Å². The van der Waals surface area contributed by atoms with Crippen LogP contribution in [0.15, 0.2) is 29.2 Å². The van der Waals surface area contributed by atoms with Crippen molar-refractivity contribution >= 4 is 11.8 Å². The predicted molar refractivity (Wildman–Crippen MR) is 64.2 cm³/mol. The van der Waals surface area contributed by atoms with Crippen LogP contribution in [-0.4, -0.2) is 29.5 Å². The highest BCUT2D eigenvalue weighted by molar-refractivity contribution is 7.99. The molecule has 2 N–H and O–H groups in total. The van der Waals surface area contributed by atoms with Crippen LogP contribution in [-0.2, 0) is 0 Å². The first-order chi connectivity index (χ1) is 7.68. The lowest BCUT2D eigenvalue weighted by molar-refractivity contribution is 0.0339. The highest BCUT2D eigenvalue weighted by Crippen LogP contribution is 2.28. The first kappa shape index (κ1) is 11.9. The molecule has 1 saturated heterocycles. The number of piperidine rings is 1. The number of hydrogen-bond acceptors (Lipinski definition) is 3. The number of thioether (sulfide) groups is 1. The molecule has 1 fully saturated rings. The lowest BCUT2D eigenvalue weighted by Crippen LogP contribution is -2.43. The zero-order valence-electron chi connectivity index (χ0n) is 9.08. The summed E-state index contributed by atoms with van der Waals surface area (Å²) in [6.07, 6.45) is 1.55. The molecular weight excluding hydrogens is 225 g/mol. The molecule has 2 rings (SSSR count). The molecule has 1 aromatic rings. The SMILES string of the molecule is OC1(CSc2cccc(F)c2)CCNCC1. The van der Waals surface area contributed by atoms with Crippen LogP contribution in [0.3, 0.4) is 0 Å². The van der Waals surface area contributed by atoms with E-state index in [0.717, 1.165) is 30.8 Å². The summed E-state index contributed by atoms with van der Waals surface area (Å²) in [4.78, 5) is 0.881. The van der Waals surface area contributed by atoms with E-state index >= 15 is 0 Å². The van der Waals surface area contributed by atoms with Crippen LogP contribution >= 0.6 is 11.8 Å². The molecule has 1 aliphatic heterocycles. The number of halogens is 1. The second kappa shape index (κ2) is 5.17. The van der Waals surface area contributed by atoms with Gasteiger partial charge in [0.1, 0.15) is 5.82 Å². The summed E-state index contributed by atoms with van der Waals surface area (Å²) in [7, 11) is 0. The van der Waals surface area contributed by atoms with Crippen LogP contribution < -0.4 is 5.32 Å². The Kier molecular flexibility index (Phi) is 3.84. The van der Waals surface area contributed by atoms with Crippen LogP contribution in [0.2, 0.25) is 0 Å². The largest absolute Gasteiger partial charge is 0.389 e. The van der Waals surface area contributed by atoms with E-state index in [1.54, 1.807) is 6.07 Å². The Bertz CT molecular complexity index is 353. The molecule has 0 unspecified atom stereocenters. The van der Waals surface area contributed by atoms with E-state index in [2.05, 4.69) is 5.32 Å². The maximum Gasteiger partial charge on any atom is 0.124 e. The van der Waals surface area contributed by atoms with E-state index in [0.29, 0.717) is 5.75 Å². The Hall–Kier alpha value is -0.580. The third kappa shape index (κ3) is 3.20. The Morgan fingerprint density at radius 2 is 2.12 bits per heavy atom. The van der Waals surface area contributed by atoms with Crippen molar-refractivity contribution in [1.82, 2.24) is 5.32 Å². The summed E-state index contributed by atoms with van der Waals surface area (Å²) in [5.41, 5.74) is -0.595. The molecule has 16 heavy (non-hydrogen) atoms. The Morgan fingerprint density at radius 3 is 2.81 bits per heavy atom. The summed E-state index contributed by atoms with van der Waals surface area (Å²) in [6, 6.07) is 6.51. The van der Waals surface area contributed by atoms with Gasteiger partial charge in [0.25, 0.3) is 0 Å². The molecule has 88 valence electrons. The van der Waals surface area contributed by atoms with Gasteiger partial charge in [-0.2, -0.15) is 0 Å². The zero-order valence-corrected chi connectivity index (χ0v) is 9.89. The lowest BCUT2D eigenvalue weighted by Gasteiger charge is -2.32. The molecule has 2 nitrogen and oxygen atoms in total. The van der Waals surface area contributed by atoms with Gasteiger partial charge < -0.3 is 10.4 Å². The van der Waals surface area contributed by atoms with Gasteiger partial charge in [0, 0.05) is 10.6 Å². The van der Waals surface area contributed by atoms with Gasteiger partial charge in [0.05, 0.1) is 5.60 Å². The van der Waals surface area contributed by atoms with Crippen LogP contribution in [0.5, 0.6) is 0 Å². The molecule has 0 radical (unpaired) electrons. The number of aliphatic hydroxyl groups is 1. The first-order valence-electron chi connectivity index (χ1n) is 5.49. The monoisotopic (exact) mass is 241 g/mol. The maximum absolute atomic E-state index is 12.9. The molecule has 0 atom stereocenters. The van der Waals surface area contributed by atoms with Crippen LogP contribution in [0, 0.1) is 5.82 Å². The number of nitrogens with one attached hydrogen (secondary N) is 1. The summed E-state index contributed by atoms with van der Waals surface area (Å²) in [6.45, 7) is 1.72. The summed E-state index contributed by atoms with van der Waals surface area (Å²) in [5, 5.41) is 13.5. The number of benzene rings is 1. The second-order valence-corrected chi connectivity index (χ2v) is 5.27. The molecule has 0 spiro atoms. The smallest absolute Gasteiger partial charge is 0.124 e. The Morgan fingerprint density at radius 1 is 1.38 bits per heavy atom. The van der Waals surface area contributed by atoms with Gasteiger partial charge in [-0.25, -0.2) is 4.39 Å². The molecule has 0 aliphatic carbocycles. The van der Waals surface area contributed by atoms with Crippen LogP contribution in [0.1, 0.15) is 12.8 Å². The summed E-state index contributed by atoms with van der Waals surface area (Å²) >= 11 is 1.52. The minimum atomic E-state index is -0.595. The van der Waals surface area contributed by atoms with Gasteiger partial charge in [-0.05, 0) is 44.1 Å². The van der Waals surface area contributed by atoms with Gasteiger partial charge in [0.2, 0.25) is 0 Å². The maximum atomic E-state index is 12.9. The van der Waals surface area contributed by atoms with Gasteiger partial charge in [-0.15, -0.1) is 11.8 Å². The van der Waals surface area contributed by atoms with Crippen molar-refractivity contribution in [3.8, 4) is 0 Å². The van der Waals surface area contributed by atoms with Crippen molar-refractivity contribution in [2.75, 3.05) is 18.8 Å². The minimum absolute atomic E-state index is 0.220. The van der Waals surface area contributed by atoms with Gasteiger partial charge in [0.15, 0.2) is 0 Å². The number of hydrogen-bond donors (Lipinski definition) is 2. The molecule has 1 heterocycles. The van der Waals surface area contributed by atoms with E-state index in [4.69, 9.17) is 0 Å². The quantitative estimate of drug-likeness (QED) is 0.794. The average Bonchev–Trinajstić information content (AvgIpc) is 2.28. The summed E-state index contributed by atoms with van der Waals surface area (Å²) in [5.74, 6) is 0.417. The molecule has 0 aromatic heterocycles. The predicted octanol–water partition coefficient (Wildman–Crippen LogP) is 2.03. The topological polar surface area (TPSA) is 32.3 Å². The molecule has 1 aliphatic rings. The Labute approximate surface area is 99.2 Å². The zero-order chi connectivity index (χ0) is 11.4.